The van der Waals surface area contributed by atoms with Crippen LogP contribution in [0.15, 0.2) is 24.3 Å². The van der Waals surface area contributed by atoms with Crippen molar-refractivity contribution >= 4 is 5.78 Å². The number of hydrogen-bond donors (Lipinski definition) is 0. The maximum atomic E-state index is 12.0. The molecule has 0 bridgehead atoms. The van der Waals surface area contributed by atoms with Crippen LogP contribution in [0.5, 0.6) is 0 Å². The Morgan fingerprint density at radius 1 is 1.20 bits per heavy atom. The third-order valence-corrected chi connectivity index (χ3v) is 2.51. The second-order valence-electron chi connectivity index (χ2n) is 3.79. The average molecular weight is 206 g/mol. The molecule has 0 atom stereocenters. The lowest BCUT2D eigenvalue weighted by molar-refractivity contribution is -0.116. The summed E-state index contributed by atoms with van der Waals surface area (Å²) in [6.07, 6.45) is 0. The maximum Gasteiger partial charge on any atom is 0.170 e. The van der Waals surface area contributed by atoms with E-state index in [1.807, 2.05) is 31.2 Å². The van der Waals surface area contributed by atoms with Crippen LogP contribution in [0.3, 0.4) is 0 Å². The SMILES string of the molecule is Cc1ccc(C(=O)C2COCOC2)cc1. The first-order chi connectivity index (χ1) is 7.27. The van der Waals surface area contributed by atoms with Gasteiger partial charge in [-0.3, -0.25) is 4.79 Å². The minimum Gasteiger partial charge on any atom is -0.355 e. The molecule has 1 aromatic rings. The summed E-state index contributed by atoms with van der Waals surface area (Å²) in [4.78, 5) is 12.0. The Labute approximate surface area is 89.0 Å². The van der Waals surface area contributed by atoms with Crippen molar-refractivity contribution in [2.75, 3.05) is 20.0 Å². The molecule has 3 heteroatoms. The molecule has 0 saturated carbocycles. The Bertz CT molecular complexity index is 336. The zero-order valence-electron chi connectivity index (χ0n) is 8.73. The van der Waals surface area contributed by atoms with E-state index in [0.717, 1.165) is 11.1 Å². The van der Waals surface area contributed by atoms with Crippen LogP contribution >= 0.6 is 0 Å². The van der Waals surface area contributed by atoms with E-state index in [1.54, 1.807) is 0 Å². The fourth-order valence-electron chi connectivity index (χ4n) is 1.59. The van der Waals surface area contributed by atoms with E-state index in [1.165, 1.54) is 0 Å². The number of Topliss-reactive ketones (excluding diaryl/α,β-unsaturated/α-hetero) is 1. The highest BCUT2D eigenvalue weighted by atomic mass is 16.7. The molecule has 1 heterocycles. The fourth-order valence-corrected chi connectivity index (χ4v) is 1.59. The number of hydrogen-bond acceptors (Lipinski definition) is 3. The molecule has 0 radical (unpaired) electrons. The number of benzene rings is 1. The summed E-state index contributed by atoms with van der Waals surface area (Å²) in [5, 5.41) is 0. The Morgan fingerprint density at radius 2 is 1.80 bits per heavy atom. The summed E-state index contributed by atoms with van der Waals surface area (Å²) in [5.41, 5.74) is 1.89. The standard InChI is InChI=1S/C12H14O3/c1-9-2-4-10(5-3-9)12(13)11-6-14-8-15-7-11/h2-5,11H,6-8H2,1H3. The molecule has 1 aromatic carbocycles. The number of ketones is 1. The second-order valence-corrected chi connectivity index (χ2v) is 3.79. The summed E-state index contributed by atoms with van der Waals surface area (Å²) < 4.78 is 10.2. The van der Waals surface area contributed by atoms with Crippen molar-refractivity contribution in [3.8, 4) is 0 Å². The van der Waals surface area contributed by atoms with Gasteiger partial charge in [0.2, 0.25) is 0 Å². The van der Waals surface area contributed by atoms with Crippen molar-refractivity contribution in [2.45, 2.75) is 6.92 Å². The predicted molar refractivity (Wildman–Crippen MR) is 55.8 cm³/mol. The van der Waals surface area contributed by atoms with Gasteiger partial charge in [0.25, 0.3) is 0 Å². The number of ether oxygens (including phenoxy) is 2. The molecule has 0 N–H and O–H groups in total. The number of rotatable bonds is 2. The lowest BCUT2D eigenvalue weighted by atomic mass is 9.98. The minimum absolute atomic E-state index is 0.106. The zero-order valence-corrected chi connectivity index (χ0v) is 8.73. The van der Waals surface area contributed by atoms with E-state index in [-0.39, 0.29) is 11.7 Å². The van der Waals surface area contributed by atoms with E-state index < -0.39 is 0 Å². The molecule has 15 heavy (non-hydrogen) atoms. The fraction of sp³-hybridized carbons (Fsp3) is 0.417. The molecule has 0 aromatic heterocycles. The normalized spacial score (nSPS) is 17.7. The molecule has 0 aliphatic carbocycles. The average Bonchev–Trinajstić information content (AvgIpc) is 2.30. The van der Waals surface area contributed by atoms with Crippen LogP contribution in [-0.2, 0) is 9.47 Å². The van der Waals surface area contributed by atoms with Crippen molar-refractivity contribution in [2.24, 2.45) is 5.92 Å². The van der Waals surface area contributed by atoms with Crippen LogP contribution in [0.4, 0.5) is 0 Å². The molecule has 0 unspecified atom stereocenters. The molecule has 1 aliphatic rings. The van der Waals surface area contributed by atoms with E-state index >= 15 is 0 Å². The van der Waals surface area contributed by atoms with Crippen molar-refractivity contribution in [3.05, 3.63) is 35.4 Å². The summed E-state index contributed by atoms with van der Waals surface area (Å²) >= 11 is 0. The highest BCUT2D eigenvalue weighted by molar-refractivity contribution is 5.98. The van der Waals surface area contributed by atoms with Crippen LogP contribution in [-0.4, -0.2) is 25.8 Å². The van der Waals surface area contributed by atoms with Crippen molar-refractivity contribution in [3.63, 3.8) is 0 Å². The highest BCUT2D eigenvalue weighted by Gasteiger charge is 2.23. The monoisotopic (exact) mass is 206 g/mol. The molecule has 1 aliphatic heterocycles. The third kappa shape index (κ3) is 2.43. The highest BCUT2D eigenvalue weighted by Crippen LogP contribution is 2.14. The first-order valence-electron chi connectivity index (χ1n) is 5.04. The van der Waals surface area contributed by atoms with Crippen LogP contribution in [0, 0.1) is 12.8 Å². The summed E-state index contributed by atoms with van der Waals surface area (Å²) in [6.45, 7) is 3.23. The number of carbonyl (C=O) groups excluding carboxylic acids is 1. The molecule has 1 saturated heterocycles. The summed E-state index contributed by atoms with van der Waals surface area (Å²) in [5.74, 6) is -0.0452. The lowest BCUT2D eigenvalue weighted by Gasteiger charge is -2.21. The molecule has 2 rings (SSSR count). The maximum absolute atomic E-state index is 12.0. The van der Waals surface area contributed by atoms with Crippen LogP contribution in [0.2, 0.25) is 0 Å². The Balaban J connectivity index is 2.09. The van der Waals surface area contributed by atoms with Gasteiger partial charge in [-0.1, -0.05) is 29.8 Å². The smallest absolute Gasteiger partial charge is 0.170 e. The van der Waals surface area contributed by atoms with Crippen molar-refractivity contribution < 1.29 is 14.3 Å². The lowest BCUT2D eigenvalue weighted by Crippen LogP contribution is -2.30. The number of aryl methyl sites for hydroxylation is 1. The second kappa shape index (κ2) is 4.55. The van der Waals surface area contributed by atoms with Gasteiger partial charge in [-0.05, 0) is 6.92 Å². The quantitative estimate of drug-likeness (QED) is 0.692. The van der Waals surface area contributed by atoms with Crippen LogP contribution < -0.4 is 0 Å². The van der Waals surface area contributed by atoms with Gasteiger partial charge in [0.1, 0.15) is 6.79 Å². The third-order valence-electron chi connectivity index (χ3n) is 2.51. The molecule has 1 fully saturated rings. The first kappa shape index (κ1) is 10.3. The van der Waals surface area contributed by atoms with Crippen molar-refractivity contribution in [1.82, 2.24) is 0 Å². The van der Waals surface area contributed by atoms with Gasteiger partial charge in [0.05, 0.1) is 19.1 Å². The van der Waals surface area contributed by atoms with Gasteiger partial charge in [-0.25, -0.2) is 0 Å². The van der Waals surface area contributed by atoms with Gasteiger partial charge in [-0.15, -0.1) is 0 Å². The van der Waals surface area contributed by atoms with Gasteiger partial charge in [0, 0.05) is 5.56 Å². The molecule has 0 spiro atoms. The van der Waals surface area contributed by atoms with E-state index in [9.17, 15) is 4.79 Å². The van der Waals surface area contributed by atoms with Gasteiger partial charge < -0.3 is 9.47 Å². The van der Waals surface area contributed by atoms with Gasteiger partial charge in [0.15, 0.2) is 5.78 Å². The molecular weight excluding hydrogens is 192 g/mol. The van der Waals surface area contributed by atoms with Crippen molar-refractivity contribution in [1.29, 1.82) is 0 Å². The topological polar surface area (TPSA) is 35.5 Å². The predicted octanol–water partition coefficient (Wildman–Crippen LogP) is 1.80. The first-order valence-corrected chi connectivity index (χ1v) is 5.04. The zero-order chi connectivity index (χ0) is 10.7. The number of carbonyl (C=O) groups is 1. The minimum atomic E-state index is -0.151. The van der Waals surface area contributed by atoms with E-state index in [2.05, 4.69) is 0 Å². The Kier molecular flexibility index (Phi) is 3.14. The van der Waals surface area contributed by atoms with Gasteiger partial charge >= 0.3 is 0 Å². The van der Waals surface area contributed by atoms with E-state index in [4.69, 9.17) is 9.47 Å². The molecular formula is C12H14O3. The summed E-state index contributed by atoms with van der Waals surface area (Å²) in [7, 11) is 0. The summed E-state index contributed by atoms with van der Waals surface area (Å²) in [6, 6.07) is 7.59. The van der Waals surface area contributed by atoms with E-state index in [0.29, 0.717) is 20.0 Å². The van der Waals surface area contributed by atoms with Crippen LogP contribution in [0.25, 0.3) is 0 Å². The van der Waals surface area contributed by atoms with Gasteiger partial charge in [-0.2, -0.15) is 0 Å². The van der Waals surface area contributed by atoms with Crippen LogP contribution in [0.1, 0.15) is 15.9 Å². The molecule has 0 amide bonds. The largest absolute Gasteiger partial charge is 0.355 e. The molecule has 80 valence electrons. The molecule has 3 nitrogen and oxygen atoms in total. The Morgan fingerprint density at radius 3 is 2.40 bits per heavy atom. The Hall–Kier alpha value is -1.19.